The van der Waals surface area contributed by atoms with Crippen molar-refractivity contribution in [3.63, 3.8) is 0 Å². The van der Waals surface area contributed by atoms with E-state index in [1.54, 1.807) is 0 Å². The first kappa shape index (κ1) is 14.9. The van der Waals surface area contributed by atoms with Crippen molar-refractivity contribution in [2.75, 3.05) is 13.1 Å². The molecule has 1 saturated heterocycles. The summed E-state index contributed by atoms with van der Waals surface area (Å²) in [5.74, 6) is 0. The summed E-state index contributed by atoms with van der Waals surface area (Å²) >= 11 is 0. The van der Waals surface area contributed by atoms with E-state index in [1.165, 1.54) is 11.1 Å². The molecule has 4 nitrogen and oxygen atoms in total. The second kappa shape index (κ2) is 6.27. The molecule has 0 unspecified atom stereocenters. The zero-order valence-corrected chi connectivity index (χ0v) is 12.8. The number of rotatable bonds is 2. The molecular formula is C16H24N2O2. The monoisotopic (exact) mass is 276 g/mol. The van der Waals surface area contributed by atoms with Crippen molar-refractivity contribution >= 4 is 6.09 Å². The smallest absolute Gasteiger partial charge is 0.410 e. The first-order valence-corrected chi connectivity index (χ1v) is 7.21. The molecule has 1 aliphatic heterocycles. The number of aryl methyl sites for hydroxylation is 2. The topological polar surface area (TPSA) is 41.6 Å². The molecule has 0 aliphatic carbocycles. The van der Waals surface area contributed by atoms with E-state index in [0.29, 0.717) is 6.61 Å². The minimum atomic E-state index is -0.216. The Morgan fingerprint density at radius 3 is 2.55 bits per heavy atom. The van der Waals surface area contributed by atoms with Gasteiger partial charge in [0, 0.05) is 25.2 Å². The Kier molecular flexibility index (Phi) is 4.65. The molecular weight excluding hydrogens is 252 g/mol. The predicted octanol–water partition coefficient (Wildman–Crippen LogP) is 2.62. The van der Waals surface area contributed by atoms with Crippen molar-refractivity contribution in [3.8, 4) is 0 Å². The SMILES string of the molecule is Cc1ccc(COC(=O)N2[C@H](C)CNC[C@@H]2C)c(C)c1. The Bertz CT molecular complexity index is 477. The van der Waals surface area contributed by atoms with E-state index in [2.05, 4.69) is 18.3 Å². The van der Waals surface area contributed by atoms with Crippen molar-refractivity contribution in [2.24, 2.45) is 0 Å². The van der Waals surface area contributed by atoms with Gasteiger partial charge in [-0.1, -0.05) is 23.8 Å². The normalized spacial score (nSPS) is 22.7. The highest BCUT2D eigenvalue weighted by Gasteiger charge is 2.29. The van der Waals surface area contributed by atoms with Gasteiger partial charge in [-0.15, -0.1) is 0 Å². The fourth-order valence-electron chi connectivity index (χ4n) is 2.71. The van der Waals surface area contributed by atoms with Crippen LogP contribution in [0.15, 0.2) is 18.2 Å². The molecule has 2 rings (SSSR count). The van der Waals surface area contributed by atoms with Gasteiger partial charge in [0.25, 0.3) is 0 Å². The van der Waals surface area contributed by atoms with Gasteiger partial charge in [0.2, 0.25) is 0 Å². The van der Waals surface area contributed by atoms with Crippen molar-refractivity contribution in [3.05, 3.63) is 34.9 Å². The molecule has 0 aromatic heterocycles. The number of amides is 1. The minimum absolute atomic E-state index is 0.172. The maximum atomic E-state index is 12.2. The van der Waals surface area contributed by atoms with E-state index in [4.69, 9.17) is 4.74 Å². The Morgan fingerprint density at radius 2 is 1.95 bits per heavy atom. The average Bonchev–Trinajstić information content (AvgIpc) is 2.37. The Morgan fingerprint density at radius 1 is 1.30 bits per heavy atom. The molecule has 0 spiro atoms. The summed E-state index contributed by atoms with van der Waals surface area (Å²) in [6.45, 7) is 10.2. The number of piperazine rings is 1. The fraction of sp³-hybridized carbons (Fsp3) is 0.562. The molecule has 1 amide bonds. The third kappa shape index (κ3) is 3.31. The molecule has 1 aromatic rings. The summed E-state index contributed by atoms with van der Waals surface area (Å²) in [6, 6.07) is 6.53. The Hall–Kier alpha value is -1.55. The van der Waals surface area contributed by atoms with Gasteiger partial charge in [-0.05, 0) is 38.8 Å². The van der Waals surface area contributed by atoms with Crippen LogP contribution in [0.2, 0.25) is 0 Å². The summed E-state index contributed by atoms with van der Waals surface area (Å²) < 4.78 is 5.49. The predicted molar refractivity (Wildman–Crippen MR) is 79.7 cm³/mol. The number of hydrogen-bond acceptors (Lipinski definition) is 3. The van der Waals surface area contributed by atoms with Crippen LogP contribution in [0.1, 0.15) is 30.5 Å². The van der Waals surface area contributed by atoms with Crippen molar-refractivity contribution in [1.82, 2.24) is 10.2 Å². The lowest BCUT2D eigenvalue weighted by atomic mass is 10.1. The van der Waals surface area contributed by atoms with Gasteiger partial charge in [-0.25, -0.2) is 4.79 Å². The highest BCUT2D eigenvalue weighted by atomic mass is 16.6. The van der Waals surface area contributed by atoms with Crippen LogP contribution in [-0.4, -0.2) is 36.2 Å². The number of carbonyl (C=O) groups excluding carboxylic acids is 1. The first-order chi connectivity index (χ1) is 9.49. The summed E-state index contributed by atoms with van der Waals surface area (Å²) in [5, 5.41) is 3.31. The van der Waals surface area contributed by atoms with Gasteiger partial charge in [0.1, 0.15) is 6.61 Å². The third-order valence-electron chi connectivity index (χ3n) is 3.89. The van der Waals surface area contributed by atoms with Gasteiger partial charge < -0.3 is 15.0 Å². The largest absolute Gasteiger partial charge is 0.445 e. The minimum Gasteiger partial charge on any atom is -0.445 e. The number of nitrogens with one attached hydrogen (secondary N) is 1. The van der Waals surface area contributed by atoms with Crippen molar-refractivity contribution in [1.29, 1.82) is 0 Å². The standard InChI is InChI=1S/C16H24N2O2/c1-11-5-6-15(12(2)7-11)10-20-16(19)18-13(3)8-17-9-14(18)4/h5-7,13-14,17H,8-10H2,1-4H3/t13-,14+. The summed E-state index contributed by atoms with van der Waals surface area (Å²) in [4.78, 5) is 14.1. The molecule has 1 N–H and O–H groups in total. The van der Waals surface area contributed by atoms with Crippen LogP contribution in [0, 0.1) is 13.8 Å². The van der Waals surface area contributed by atoms with E-state index < -0.39 is 0 Å². The Balaban J connectivity index is 1.97. The van der Waals surface area contributed by atoms with Crippen molar-refractivity contribution in [2.45, 2.75) is 46.4 Å². The zero-order chi connectivity index (χ0) is 14.7. The molecule has 4 heteroatoms. The van der Waals surface area contributed by atoms with Crippen LogP contribution >= 0.6 is 0 Å². The molecule has 1 aliphatic rings. The van der Waals surface area contributed by atoms with E-state index >= 15 is 0 Å². The van der Waals surface area contributed by atoms with Crippen molar-refractivity contribution < 1.29 is 9.53 Å². The lowest BCUT2D eigenvalue weighted by molar-refractivity contribution is 0.0563. The number of hydrogen-bond donors (Lipinski definition) is 1. The third-order valence-corrected chi connectivity index (χ3v) is 3.89. The molecule has 0 radical (unpaired) electrons. The van der Waals surface area contributed by atoms with E-state index in [1.807, 2.05) is 37.8 Å². The summed E-state index contributed by atoms with van der Waals surface area (Å²) in [7, 11) is 0. The first-order valence-electron chi connectivity index (χ1n) is 7.21. The lowest BCUT2D eigenvalue weighted by Gasteiger charge is -2.38. The zero-order valence-electron chi connectivity index (χ0n) is 12.8. The molecule has 1 heterocycles. The van der Waals surface area contributed by atoms with Crippen LogP contribution in [0.25, 0.3) is 0 Å². The van der Waals surface area contributed by atoms with E-state index in [-0.39, 0.29) is 18.2 Å². The molecule has 0 saturated carbocycles. The van der Waals surface area contributed by atoms with Gasteiger partial charge in [0.15, 0.2) is 0 Å². The van der Waals surface area contributed by atoms with E-state index in [0.717, 1.165) is 18.7 Å². The van der Waals surface area contributed by atoms with E-state index in [9.17, 15) is 4.79 Å². The number of ether oxygens (including phenoxy) is 1. The maximum Gasteiger partial charge on any atom is 0.410 e. The van der Waals surface area contributed by atoms with Crippen LogP contribution in [0.4, 0.5) is 4.79 Å². The molecule has 1 fully saturated rings. The molecule has 20 heavy (non-hydrogen) atoms. The van der Waals surface area contributed by atoms with Crippen LogP contribution in [0.5, 0.6) is 0 Å². The summed E-state index contributed by atoms with van der Waals surface area (Å²) in [6.07, 6.45) is -0.216. The van der Waals surface area contributed by atoms with Crippen LogP contribution < -0.4 is 5.32 Å². The molecule has 2 atom stereocenters. The highest BCUT2D eigenvalue weighted by Crippen LogP contribution is 2.15. The lowest BCUT2D eigenvalue weighted by Crippen LogP contribution is -2.57. The quantitative estimate of drug-likeness (QED) is 0.903. The van der Waals surface area contributed by atoms with Gasteiger partial charge in [-0.3, -0.25) is 0 Å². The van der Waals surface area contributed by atoms with Crippen LogP contribution in [0.3, 0.4) is 0 Å². The summed E-state index contributed by atoms with van der Waals surface area (Å²) in [5.41, 5.74) is 3.46. The maximum absolute atomic E-state index is 12.2. The fourth-order valence-corrected chi connectivity index (χ4v) is 2.71. The second-order valence-corrected chi connectivity index (χ2v) is 5.75. The number of nitrogens with zero attached hydrogens (tertiary/aromatic N) is 1. The number of benzene rings is 1. The number of carbonyl (C=O) groups is 1. The molecule has 110 valence electrons. The molecule has 1 aromatic carbocycles. The highest BCUT2D eigenvalue weighted by molar-refractivity contribution is 5.68. The van der Waals surface area contributed by atoms with Gasteiger partial charge in [0.05, 0.1) is 0 Å². The second-order valence-electron chi connectivity index (χ2n) is 5.75. The van der Waals surface area contributed by atoms with Gasteiger partial charge >= 0.3 is 6.09 Å². The average molecular weight is 276 g/mol. The molecule has 0 bridgehead atoms. The van der Waals surface area contributed by atoms with Crippen LogP contribution in [-0.2, 0) is 11.3 Å². The van der Waals surface area contributed by atoms with Gasteiger partial charge in [-0.2, -0.15) is 0 Å². The Labute approximate surface area is 121 Å².